The number of nitrogens with one attached hydrogen (secondary N) is 1. The summed E-state index contributed by atoms with van der Waals surface area (Å²) in [4.78, 5) is 0.0662. The number of aliphatic hydroxyl groups is 1. The van der Waals surface area contributed by atoms with Crippen LogP contribution >= 0.6 is 0 Å². The third kappa shape index (κ3) is 3.24. The predicted molar refractivity (Wildman–Crippen MR) is 71.3 cm³/mol. The third-order valence-corrected chi connectivity index (χ3v) is 3.93. The first kappa shape index (κ1) is 13.4. The smallest absolute Gasteiger partial charge is 0.261 e. The van der Waals surface area contributed by atoms with Crippen LogP contribution in [-0.2, 0) is 16.6 Å². The molecule has 2 aromatic rings. The van der Waals surface area contributed by atoms with Gasteiger partial charge in [-0.05, 0) is 42.0 Å². The second kappa shape index (κ2) is 5.29. The maximum Gasteiger partial charge on any atom is 0.261 e. The van der Waals surface area contributed by atoms with Crippen LogP contribution in [0.15, 0.2) is 53.4 Å². The molecular formula is C13H13NO4S. The van der Waals surface area contributed by atoms with Crippen LogP contribution in [0.3, 0.4) is 0 Å². The van der Waals surface area contributed by atoms with Crippen LogP contribution in [-0.4, -0.2) is 18.6 Å². The van der Waals surface area contributed by atoms with Gasteiger partial charge < -0.3 is 10.2 Å². The van der Waals surface area contributed by atoms with Crippen LogP contribution in [0.5, 0.6) is 5.75 Å². The Labute approximate surface area is 111 Å². The third-order valence-electron chi connectivity index (χ3n) is 2.54. The Hall–Kier alpha value is -2.05. The summed E-state index contributed by atoms with van der Waals surface area (Å²) in [6, 6.07) is 11.7. The van der Waals surface area contributed by atoms with Gasteiger partial charge in [0.05, 0.1) is 11.5 Å². The highest BCUT2D eigenvalue weighted by Gasteiger charge is 2.13. The van der Waals surface area contributed by atoms with Crippen molar-refractivity contribution in [3.63, 3.8) is 0 Å². The Balaban J connectivity index is 2.23. The molecule has 0 saturated heterocycles. The highest BCUT2D eigenvalue weighted by molar-refractivity contribution is 7.92. The predicted octanol–water partition coefficient (Wildman–Crippen LogP) is 1.69. The fraction of sp³-hybridized carbons (Fsp3) is 0.0769. The number of phenols is 1. The summed E-state index contributed by atoms with van der Waals surface area (Å²) in [7, 11) is -3.67. The molecule has 100 valence electrons. The monoisotopic (exact) mass is 279 g/mol. The number of hydrogen-bond acceptors (Lipinski definition) is 4. The molecule has 0 spiro atoms. The molecule has 0 bridgehead atoms. The summed E-state index contributed by atoms with van der Waals surface area (Å²) < 4.78 is 26.5. The van der Waals surface area contributed by atoms with Gasteiger partial charge in [0.1, 0.15) is 5.75 Å². The fourth-order valence-corrected chi connectivity index (χ4v) is 2.58. The van der Waals surface area contributed by atoms with Crippen molar-refractivity contribution in [2.24, 2.45) is 0 Å². The van der Waals surface area contributed by atoms with E-state index in [0.29, 0.717) is 11.3 Å². The molecule has 2 rings (SSSR count). The lowest BCUT2D eigenvalue weighted by Crippen LogP contribution is -2.12. The van der Waals surface area contributed by atoms with Crippen LogP contribution in [0.25, 0.3) is 0 Å². The second-order valence-electron chi connectivity index (χ2n) is 3.95. The number of benzene rings is 2. The lowest BCUT2D eigenvalue weighted by Gasteiger charge is -2.08. The zero-order valence-corrected chi connectivity index (χ0v) is 10.8. The summed E-state index contributed by atoms with van der Waals surface area (Å²) in [6.07, 6.45) is 0. The average molecular weight is 279 g/mol. The summed E-state index contributed by atoms with van der Waals surface area (Å²) in [5, 5.41) is 18.0. The molecule has 0 heterocycles. The topological polar surface area (TPSA) is 86.6 Å². The average Bonchev–Trinajstić information content (AvgIpc) is 2.40. The molecule has 0 saturated carbocycles. The minimum absolute atomic E-state index is 0.00579. The van der Waals surface area contributed by atoms with Crippen molar-refractivity contribution >= 4 is 15.7 Å². The van der Waals surface area contributed by atoms with E-state index in [1.807, 2.05) is 0 Å². The van der Waals surface area contributed by atoms with Gasteiger partial charge in [-0.15, -0.1) is 0 Å². The van der Waals surface area contributed by atoms with Crippen LogP contribution in [0.4, 0.5) is 5.69 Å². The molecule has 5 nitrogen and oxygen atoms in total. The summed E-state index contributed by atoms with van der Waals surface area (Å²) in [5.74, 6) is 0.00579. The van der Waals surface area contributed by atoms with E-state index in [2.05, 4.69) is 4.72 Å². The Bertz CT molecular complexity index is 648. The van der Waals surface area contributed by atoms with E-state index >= 15 is 0 Å². The molecule has 0 fully saturated rings. The van der Waals surface area contributed by atoms with Crippen molar-refractivity contribution in [3.8, 4) is 5.75 Å². The number of aromatic hydroxyl groups is 1. The fourth-order valence-electron chi connectivity index (χ4n) is 1.52. The van der Waals surface area contributed by atoms with Gasteiger partial charge in [0.2, 0.25) is 0 Å². The molecule has 6 heteroatoms. The standard InChI is InChI=1S/C13H13NO4S/c15-9-10-1-3-11(4-2-10)14-19(17,18)13-7-5-12(16)6-8-13/h1-8,14-16H,9H2. The molecule has 19 heavy (non-hydrogen) atoms. The van der Waals surface area contributed by atoms with Gasteiger partial charge in [-0.2, -0.15) is 0 Å². The summed E-state index contributed by atoms with van der Waals surface area (Å²) >= 11 is 0. The van der Waals surface area contributed by atoms with Gasteiger partial charge in [-0.3, -0.25) is 4.72 Å². The zero-order valence-electron chi connectivity index (χ0n) is 9.95. The lowest BCUT2D eigenvalue weighted by atomic mass is 10.2. The van der Waals surface area contributed by atoms with Gasteiger partial charge in [0.25, 0.3) is 10.0 Å². The lowest BCUT2D eigenvalue weighted by molar-refractivity contribution is 0.282. The normalized spacial score (nSPS) is 11.2. The minimum Gasteiger partial charge on any atom is -0.508 e. The van der Waals surface area contributed by atoms with Crippen LogP contribution in [0.1, 0.15) is 5.56 Å². The Morgan fingerprint density at radius 2 is 1.53 bits per heavy atom. The molecule has 0 aromatic heterocycles. The van der Waals surface area contributed by atoms with Crippen molar-refractivity contribution in [3.05, 3.63) is 54.1 Å². The number of aliphatic hydroxyl groups excluding tert-OH is 1. The van der Waals surface area contributed by atoms with Gasteiger partial charge in [0, 0.05) is 5.69 Å². The molecule has 0 unspecified atom stereocenters. The zero-order chi connectivity index (χ0) is 13.9. The molecular weight excluding hydrogens is 266 g/mol. The van der Waals surface area contributed by atoms with Crippen molar-refractivity contribution < 1.29 is 18.6 Å². The molecule has 0 atom stereocenters. The van der Waals surface area contributed by atoms with Crippen LogP contribution < -0.4 is 4.72 Å². The number of anilines is 1. The Morgan fingerprint density at radius 3 is 2.05 bits per heavy atom. The molecule has 0 aliphatic rings. The first-order chi connectivity index (χ1) is 9.01. The van der Waals surface area contributed by atoms with Gasteiger partial charge in [-0.1, -0.05) is 12.1 Å². The maximum atomic E-state index is 12.0. The number of rotatable bonds is 4. The molecule has 0 aliphatic heterocycles. The quantitative estimate of drug-likeness (QED) is 0.794. The van der Waals surface area contributed by atoms with Gasteiger partial charge in [-0.25, -0.2) is 8.42 Å². The van der Waals surface area contributed by atoms with E-state index in [-0.39, 0.29) is 17.3 Å². The van der Waals surface area contributed by atoms with E-state index in [0.717, 1.165) is 0 Å². The van der Waals surface area contributed by atoms with Crippen LogP contribution in [0.2, 0.25) is 0 Å². The first-order valence-electron chi connectivity index (χ1n) is 5.53. The SMILES string of the molecule is O=S(=O)(Nc1ccc(CO)cc1)c1ccc(O)cc1. The molecule has 3 N–H and O–H groups in total. The van der Waals surface area contributed by atoms with Crippen molar-refractivity contribution in [2.45, 2.75) is 11.5 Å². The number of phenolic OH excluding ortho intramolecular Hbond substituents is 1. The second-order valence-corrected chi connectivity index (χ2v) is 5.64. The van der Waals surface area contributed by atoms with E-state index < -0.39 is 10.0 Å². The van der Waals surface area contributed by atoms with E-state index in [4.69, 9.17) is 10.2 Å². The van der Waals surface area contributed by atoms with Crippen LogP contribution in [0, 0.1) is 0 Å². The number of sulfonamides is 1. The molecule has 0 radical (unpaired) electrons. The summed E-state index contributed by atoms with van der Waals surface area (Å²) in [6.45, 7) is -0.0923. The van der Waals surface area contributed by atoms with E-state index in [9.17, 15) is 8.42 Å². The van der Waals surface area contributed by atoms with Gasteiger partial charge >= 0.3 is 0 Å². The molecule has 2 aromatic carbocycles. The molecule has 0 aliphatic carbocycles. The first-order valence-corrected chi connectivity index (χ1v) is 7.01. The molecule has 0 amide bonds. The van der Waals surface area contributed by atoms with E-state index in [1.165, 1.54) is 24.3 Å². The summed E-state index contributed by atoms with van der Waals surface area (Å²) in [5.41, 5.74) is 1.11. The van der Waals surface area contributed by atoms with Crippen molar-refractivity contribution in [1.29, 1.82) is 0 Å². The largest absolute Gasteiger partial charge is 0.508 e. The van der Waals surface area contributed by atoms with E-state index in [1.54, 1.807) is 24.3 Å². The van der Waals surface area contributed by atoms with Gasteiger partial charge in [0.15, 0.2) is 0 Å². The maximum absolute atomic E-state index is 12.0. The highest BCUT2D eigenvalue weighted by atomic mass is 32.2. The van der Waals surface area contributed by atoms with Crippen molar-refractivity contribution in [2.75, 3.05) is 4.72 Å². The Kier molecular flexibility index (Phi) is 3.73. The van der Waals surface area contributed by atoms with Crippen molar-refractivity contribution in [1.82, 2.24) is 0 Å². The minimum atomic E-state index is -3.67. The highest BCUT2D eigenvalue weighted by Crippen LogP contribution is 2.18. The number of hydrogen-bond donors (Lipinski definition) is 3. The Morgan fingerprint density at radius 1 is 0.947 bits per heavy atom.